The van der Waals surface area contributed by atoms with Gasteiger partial charge in [0.25, 0.3) is 5.52 Å². The fraction of sp³-hybridized carbons (Fsp3) is 0.0455. The Balaban J connectivity index is 0.00000168. The zero-order chi connectivity index (χ0) is 16.8. The number of hydrogen-bond donors (Lipinski definition) is 1. The molecule has 0 amide bonds. The van der Waals surface area contributed by atoms with Gasteiger partial charge in [0.2, 0.25) is 11.1 Å². The molecule has 128 valence electrons. The maximum Gasteiger partial charge on any atom is 0.261 e. The standard InChI is InChI=1S/C22H16N2O.HI/c1-24-18-13-7-5-11-16(18)20(23-15-9-3-2-4-10-15)22-21(24)17-12-6-8-14-19(17)25-22;/h2-14H,1H3;1H. The minimum atomic E-state index is 0. The monoisotopic (exact) mass is 452 g/mol. The quantitative estimate of drug-likeness (QED) is 0.329. The Morgan fingerprint density at radius 2 is 1.42 bits per heavy atom. The van der Waals surface area contributed by atoms with Crippen LogP contribution in [0, 0.1) is 0 Å². The number of para-hydroxylation sites is 3. The fourth-order valence-electron chi connectivity index (χ4n) is 3.54. The van der Waals surface area contributed by atoms with Crippen molar-refractivity contribution in [1.29, 1.82) is 0 Å². The van der Waals surface area contributed by atoms with Gasteiger partial charge in [-0.3, -0.25) is 0 Å². The van der Waals surface area contributed by atoms with E-state index in [-0.39, 0.29) is 24.0 Å². The topological polar surface area (TPSA) is 29.1 Å². The number of furan rings is 1. The first-order valence-corrected chi connectivity index (χ1v) is 8.37. The Labute approximate surface area is 168 Å². The lowest BCUT2D eigenvalue weighted by molar-refractivity contribution is -0.616. The highest BCUT2D eigenvalue weighted by atomic mass is 127. The molecule has 0 radical (unpaired) electrons. The molecule has 4 heteroatoms. The van der Waals surface area contributed by atoms with E-state index in [1.807, 2.05) is 30.3 Å². The van der Waals surface area contributed by atoms with E-state index in [4.69, 9.17) is 4.42 Å². The lowest BCUT2D eigenvalue weighted by Crippen LogP contribution is -3.00. The van der Waals surface area contributed by atoms with Gasteiger partial charge in [-0.2, -0.15) is 4.57 Å². The molecule has 2 aromatic heterocycles. The van der Waals surface area contributed by atoms with Crippen molar-refractivity contribution in [3.63, 3.8) is 0 Å². The fourth-order valence-corrected chi connectivity index (χ4v) is 3.54. The van der Waals surface area contributed by atoms with Crippen LogP contribution in [0.15, 0.2) is 83.3 Å². The number of pyridine rings is 1. The number of aryl methyl sites for hydroxylation is 1. The molecule has 0 atom stereocenters. The molecule has 3 nitrogen and oxygen atoms in total. The minimum absolute atomic E-state index is 0. The van der Waals surface area contributed by atoms with Gasteiger partial charge in [0.15, 0.2) is 0 Å². The van der Waals surface area contributed by atoms with Crippen LogP contribution in [-0.2, 0) is 7.05 Å². The summed E-state index contributed by atoms with van der Waals surface area (Å²) in [6.07, 6.45) is 0. The van der Waals surface area contributed by atoms with Gasteiger partial charge in [0, 0.05) is 11.8 Å². The highest BCUT2D eigenvalue weighted by molar-refractivity contribution is 6.11. The van der Waals surface area contributed by atoms with E-state index in [1.54, 1.807) is 0 Å². The van der Waals surface area contributed by atoms with Crippen molar-refractivity contribution in [1.82, 2.24) is 0 Å². The lowest BCUT2D eigenvalue weighted by Gasteiger charge is -2.09. The summed E-state index contributed by atoms with van der Waals surface area (Å²) in [5.41, 5.74) is 6.10. The number of hydrogen-bond acceptors (Lipinski definition) is 2. The predicted octanol–water partition coefficient (Wildman–Crippen LogP) is 2.31. The Bertz CT molecular complexity index is 1230. The summed E-state index contributed by atoms with van der Waals surface area (Å²) >= 11 is 0. The minimum Gasteiger partial charge on any atom is -1.00 e. The van der Waals surface area contributed by atoms with E-state index in [0.717, 1.165) is 38.8 Å². The Morgan fingerprint density at radius 3 is 2.23 bits per heavy atom. The van der Waals surface area contributed by atoms with E-state index in [9.17, 15) is 0 Å². The summed E-state index contributed by atoms with van der Waals surface area (Å²) in [5.74, 6) is 0. The lowest BCUT2D eigenvalue weighted by atomic mass is 10.1. The van der Waals surface area contributed by atoms with Crippen molar-refractivity contribution in [3.8, 4) is 0 Å². The van der Waals surface area contributed by atoms with Crippen molar-refractivity contribution in [3.05, 3.63) is 78.9 Å². The van der Waals surface area contributed by atoms with Crippen molar-refractivity contribution in [2.24, 2.45) is 7.05 Å². The highest BCUT2D eigenvalue weighted by Crippen LogP contribution is 2.37. The molecule has 0 spiro atoms. The van der Waals surface area contributed by atoms with Gasteiger partial charge in [-0.1, -0.05) is 42.5 Å². The van der Waals surface area contributed by atoms with Gasteiger partial charge < -0.3 is 33.7 Å². The molecule has 0 aliphatic rings. The summed E-state index contributed by atoms with van der Waals surface area (Å²) in [4.78, 5) is 0. The molecule has 0 aliphatic heterocycles. The Hall–Kier alpha value is -2.60. The number of nitrogens with one attached hydrogen (secondary N) is 1. The summed E-state index contributed by atoms with van der Waals surface area (Å²) in [5, 5.41) is 5.84. The van der Waals surface area contributed by atoms with Crippen molar-refractivity contribution in [2.45, 2.75) is 0 Å². The van der Waals surface area contributed by atoms with E-state index in [0.29, 0.717) is 0 Å². The Kier molecular flexibility index (Phi) is 4.28. The predicted molar refractivity (Wildman–Crippen MR) is 102 cm³/mol. The second-order valence-corrected chi connectivity index (χ2v) is 6.22. The molecular formula is C22H17IN2O. The van der Waals surface area contributed by atoms with E-state index >= 15 is 0 Å². The average molecular weight is 452 g/mol. The number of benzene rings is 3. The number of halogens is 1. The zero-order valence-electron chi connectivity index (χ0n) is 14.2. The maximum atomic E-state index is 6.26. The van der Waals surface area contributed by atoms with Crippen LogP contribution in [0.2, 0.25) is 0 Å². The van der Waals surface area contributed by atoms with Crippen LogP contribution in [0.5, 0.6) is 0 Å². The number of anilines is 2. The maximum absolute atomic E-state index is 6.26. The first kappa shape index (κ1) is 16.8. The molecule has 3 aromatic carbocycles. The SMILES string of the molecule is C[n+]1c2ccccc2c(Nc2ccccc2)c2oc3ccccc3c21.[I-]. The van der Waals surface area contributed by atoms with Gasteiger partial charge in [-0.05, 0) is 30.3 Å². The summed E-state index contributed by atoms with van der Waals surface area (Å²) in [6.45, 7) is 0. The van der Waals surface area contributed by atoms with Crippen LogP contribution in [-0.4, -0.2) is 0 Å². The van der Waals surface area contributed by atoms with Gasteiger partial charge >= 0.3 is 0 Å². The third-order valence-corrected chi connectivity index (χ3v) is 4.71. The highest BCUT2D eigenvalue weighted by Gasteiger charge is 2.24. The zero-order valence-corrected chi connectivity index (χ0v) is 16.4. The van der Waals surface area contributed by atoms with Crippen LogP contribution in [0.3, 0.4) is 0 Å². The molecule has 0 aliphatic carbocycles. The second kappa shape index (κ2) is 6.61. The molecule has 0 saturated carbocycles. The second-order valence-electron chi connectivity index (χ2n) is 6.22. The number of rotatable bonds is 2. The average Bonchev–Trinajstić information content (AvgIpc) is 3.06. The molecule has 26 heavy (non-hydrogen) atoms. The number of aromatic nitrogens is 1. The molecule has 5 aromatic rings. The third-order valence-electron chi connectivity index (χ3n) is 4.71. The van der Waals surface area contributed by atoms with Crippen LogP contribution in [0.25, 0.3) is 33.0 Å². The molecule has 1 N–H and O–H groups in total. The summed E-state index contributed by atoms with van der Waals surface area (Å²) < 4.78 is 8.48. The molecular weight excluding hydrogens is 435 g/mol. The van der Waals surface area contributed by atoms with Crippen LogP contribution in [0.1, 0.15) is 0 Å². The van der Waals surface area contributed by atoms with E-state index in [2.05, 4.69) is 65.5 Å². The van der Waals surface area contributed by atoms with Crippen LogP contribution < -0.4 is 33.9 Å². The van der Waals surface area contributed by atoms with Gasteiger partial charge in [-0.25, -0.2) is 0 Å². The first-order chi connectivity index (χ1) is 12.3. The molecule has 2 heterocycles. The van der Waals surface area contributed by atoms with Crippen molar-refractivity contribution in [2.75, 3.05) is 5.32 Å². The molecule has 0 unspecified atom stereocenters. The van der Waals surface area contributed by atoms with Gasteiger partial charge in [0.05, 0.1) is 10.8 Å². The van der Waals surface area contributed by atoms with Crippen LogP contribution in [0.4, 0.5) is 11.4 Å². The molecule has 0 saturated heterocycles. The molecule has 0 fully saturated rings. The number of fused-ring (bicyclic) bond motifs is 4. The third kappa shape index (κ3) is 2.52. The largest absolute Gasteiger partial charge is 1.00 e. The normalized spacial score (nSPS) is 11.0. The van der Waals surface area contributed by atoms with Gasteiger partial charge in [-0.15, -0.1) is 0 Å². The smallest absolute Gasteiger partial charge is 0.261 e. The number of nitrogens with zero attached hydrogens (tertiary/aromatic N) is 1. The van der Waals surface area contributed by atoms with Crippen LogP contribution >= 0.6 is 0 Å². The molecule has 0 bridgehead atoms. The van der Waals surface area contributed by atoms with E-state index < -0.39 is 0 Å². The van der Waals surface area contributed by atoms with E-state index in [1.165, 1.54) is 5.52 Å². The summed E-state index contributed by atoms with van der Waals surface area (Å²) in [7, 11) is 2.10. The molecule has 5 rings (SSSR count). The first-order valence-electron chi connectivity index (χ1n) is 8.37. The Morgan fingerprint density at radius 1 is 0.769 bits per heavy atom. The van der Waals surface area contributed by atoms with Crippen molar-refractivity contribution < 1.29 is 33.0 Å². The summed E-state index contributed by atoms with van der Waals surface area (Å²) in [6, 6.07) is 26.8. The van der Waals surface area contributed by atoms with Gasteiger partial charge in [0.1, 0.15) is 18.3 Å². The van der Waals surface area contributed by atoms with Crippen molar-refractivity contribution >= 4 is 44.3 Å².